The summed E-state index contributed by atoms with van der Waals surface area (Å²) in [5.41, 5.74) is 4.94. The van der Waals surface area contributed by atoms with Gasteiger partial charge >= 0.3 is 0 Å². The Kier molecular flexibility index (Phi) is 4.36. The lowest BCUT2D eigenvalue weighted by atomic mass is 9.86. The van der Waals surface area contributed by atoms with Crippen molar-refractivity contribution in [3.8, 4) is 0 Å². The van der Waals surface area contributed by atoms with E-state index in [1.807, 2.05) is 0 Å². The van der Waals surface area contributed by atoms with Gasteiger partial charge in [-0.15, -0.1) is 5.10 Å². The van der Waals surface area contributed by atoms with Crippen LogP contribution in [0.15, 0.2) is 5.16 Å². The van der Waals surface area contributed by atoms with Crippen molar-refractivity contribution >= 4 is 11.8 Å². The molecule has 7 heteroatoms. The van der Waals surface area contributed by atoms with Gasteiger partial charge in [0, 0.05) is 12.3 Å². The van der Waals surface area contributed by atoms with E-state index in [2.05, 4.69) is 15.5 Å². The maximum Gasteiger partial charge on any atom is 0.209 e. The van der Waals surface area contributed by atoms with Crippen LogP contribution in [0.1, 0.15) is 32.1 Å². The third-order valence-electron chi connectivity index (χ3n) is 3.09. The molecule has 0 aliphatic heterocycles. The molecule has 0 bridgehead atoms. The second-order valence-corrected chi connectivity index (χ2v) is 5.49. The fraction of sp³-hybridized carbons (Fsp3) is 0.900. The first kappa shape index (κ1) is 12.8. The van der Waals surface area contributed by atoms with Gasteiger partial charge < -0.3 is 10.8 Å². The molecule has 0 radical (unpaired) electrons. The highest BCUT2D eigenvalue weighted by Gasteiger charge is 2.29. The summed E-state index contributed by atoms with van der Waals surface area (Å²) >= 11 is 1.52. The van der Waals surface area contributed by atoms with E-state index < -0.39 is 5.60 Å². The van der Waals surface area contributed by atoms with Crippen molar-refractivity contribution in [2.45, 2.75) is 49.4 Å². The highest BCUT2D eigenvalue weighted by molar-refractivity contribution is 7.99. The summed E-state index contributed by atoms with van der Waals surface area (Å²) in [6, 6.07) is 0. The van der Waals surface area contributed by atoms with Crippen LogP contribution in [0, 0.1) is 0 Å². The lowest BCUT2D eigenvalue weighted by Crippen LogP contribution is -2.34. The highest BCUT2D eigenvalue weighted by Crippen LogP contribution is 2.32. The number of hydrogen-bond acceptors (Lipinski definition) is 6. The Balaban J connectivity index is 1.90. The van der Waals surface area contributed by atoms with E-state index >= 15 is 0 Å². The van der Waals surface area contributed by atoms with E-state index in [9.17, 15) is 5.11 Å². The average Bonchev–Trinajstić information content (AvgIpc) is 2.76. The Hall–Kier alpha value is -0.660. The molecule has 0 unspecified atom stereocenters. The third-order valence-corrected chi connectivity index (χ3v) is 4.33. The summed E-state index contributed by atoms with van der Waals surface area (Å²) in [5, 5.41) is 22.6. The van der Waals surface area contributed by atoms with E-state index in [4.69, 9.17) is 5.73 Å². The van der Waals surface area contributed by atoms with Crippen molar-refractivity contribution in [2.75, 3.05) is 12.3 Å². The number of rotatable bonds is 5. The molecule has 3 N–H and O–H groups in total. The normalized spacial score (nSPS) is 19.4. The van der Waals surface area contributed by atoms with Crippen LogP contribution in [0.25, 0.3) is 0 Å². The second kappa shape index (κ2) is 5.79. The minimum Gasteiger partial charge on any atom is -0.389 e. The van der Waals surface area contributed by atoms with Gasteiger partial charge in [-0.3, -0.25) is 0 Å². The van der Waals surface area contributed by atoms with Crippen LogP contribution < -0.4 is 5.73 Å². The predicted molar refractivity (Wildman–Crippen MR) is 65.6 cm³/mol. The summed E-state index contributed by atoms with van der Waals surface area (Å²) in [5.74, 6) is 0.665. The van der Waals surface area contributed by atoms with Gasteiger partial charge in [-0.05, 0) is 23.3 Å². The molecule has 0 atom stereocenters. The number of tetrazole rings is 1. The largest absolute Gasteiger partial charge is 0.389 e. The Morgan fingerprint density at radius 3 is 2.82 bits per heavy atom. The van der Waals surface area contributed by atoms with Crippen molar-refractivity contribution < 1.29 is 5.11 Å². The van der Waals surface area contributed by atoms with Gasteiger partial charge in [-0.1, -0.05) is 31.0 Å². The van der Waals surface area contributed by atoms with Crippen molar-refractivity contribution in [1.29, 1.82) is 0 Å². The number of thioether (sulfide) groups is 1. The van der Waals surface area contributed by atoms with Crippen molar-refractivity contribution in [1.82, 2.24) is 20.2 Å². The molecule has 1 aromatic heterocycles. The van der Waals surface area contributed by atoms with E-state index in [0.29, 0.717) is 18.8 Å². The fourth-order valence-electron chi connectivity index (χ4n) is 2.12. The maximum absolute atomic E-state index is 10.4. The lowest BCUT2D eigenvalue weighted by Gasteiger charge is -2.31. The Morgan fingerprint density at radius 1 is 1.35 bits per heavy atom. The van der Waals surface area contributed by atoms with Crippen molar-refractivity contribution in [2.24, 2.45) is 5.73 Å². The van der Waals surface area contributed by atoms with E-state index in [1.54, 1.807) is 4.68 Å². The van der Waals surface area contributed by atoms with Gasteiger partial charge in [0.1, 0.15) is 0 Å². The van der Waals surface area contributed by atoms with Crippen LogP contribution >= 0.6 is 11.8 Å². The van der Waals surface area contributed by atoms with Crippen LogP contribution in [0.3, 0.4) is 0 Å². The van der Waals surface area contributed by atoms with Gasteiger partial charge in [0.15, 0.2) is 0 Å². The number of nitrogens with zero attached hydrogens (tertiary/aromatic N) is 4. The molecule has 2 rings (SSSR count). The molecule has 1 saturated carbocycles. The number of aliphatic hydroxyl groups is 1. The van der Waals surface area contributed by atoms with Crippen molar-refractivity contribution in [3.05, 3.63) is 0 Å². The molecule has 1 heterocycles. The smallest absolute Gasteiger partial charge is 0.209 e. The minimum absolute atomic E-state index is 0.517. The molecule has 0 saturated heterocycles. The van der Waals surface area contributed by atoms with Gasteiger partial charge in [0.2, 0.25) is 5.16 Å². The average molecular weight is 257 g/mol. The standard InChI is InChI=1S/C10H19N5OS/c11-6-7-15-9(12-13-14-15)17-8-10(16)4-2-1-3-5-10/h16H,1-8,11H2. The summed E-state index contributed by atoms with van der Waals surface area (Å²) < 4.78 is 1.69. The predicted octanol–water partition coefficient (Wildman–Crippen LogP) is 0.419. The molecule has 96 valence electrons. The van der Waals surface area contributed by atoms with Crippen LogP contribution in [0.5, 0.6) is 0 Å². The van der Waals surface area contributed by atoms with Crippen molar-refractivity contribution in [3.63, 3.8) is 0 Å². The Morgan fingerprint density at radius 2 is 2.12 bits per heavy atom. The summed E-state index contributed by atoms with van der Waals surface area (Å²) in [4.78, 5) is 0. The van der Waals surface area contributed by atoms with E-state index in [1.165, 1.54) is 18.2 Å². The van der Waals surface area contributed by atoms with E-state index in [-0.39, 0.29) is 0 Å². The molecular formula is C10H19N5OS. The number of aromatic nitrogens is 4. The summed E-state index contributed by atoms with van der Waals surface area (Å²) in [6.07, 6.45) is 5.24. The first-order valence-corrected chi connectivity index (χ1v) is 7.03. The first-order valence-electron chi connectivity index (χ1n) is 6.05. The molecule has 1 fully saturated rings. The highest BCUT2D eigenvalue weighted by atomic mass is 32.2. The quantitative estimate of drug-likeness (QED) is 0.743. The first-order chi connectivity index (χ1) is 8.23. The zero-order chi connectivity index (χ0) is 12.1. The zero-order valence-electron chi connectivity index (χ0n) is 9.88. The monoisotopic (exact) mass is 257 g/mol. The molecular weight excluding hydrogens is 238 g/mol. The molecule has 1 aromatic rings. The summed E-state index contributed by atoms with van der Waals surface area (Å²) in [7, 11) is 0. The van der Waals surface area contributed by atoms with Gasteiger partial charge in [0.25, 0.3) is 0 Å². The Bertz CT molecular complexity index is 350. The Labute approximate surface area is 105 Å². The maximum atomic E-state index is 10.4. The molecule has 0 amide bonds. The molecule has 1 aliphatic rings. The molecule has 6 nitrogen and oxygen atoms in total. The van der Waals surface area contributed by atoms with Crippen LogP contribution in [-0.2, 0) is 6.54 Å². The minimum atomic E-state index is -0.539. The van der Waals surface area contributed by atoms with Crippen LogP contribution in [0.4, 0.5) is 0 Å². The molecule has 0 aromatic carbocycles. The van der Waals surface area contributed by atoms with E-state index in [0.717, 1.165) is 30.8 Å². The van der Waals surface area contributed by atoms with Gasteiger partial charge in [0.05, 0.1) is 12.1 Å². The number of hydrogen-bond donors (Lipinski definition) is 2. The SMILES string of the molecule is NCCn1nnnc1SCC1(O)CCCCC1. The zero-order valence-corrected chi connectivity index (χ0v) is 10.7. The van der Waals surface area contributed by atoms with Crippen LogP contribution in [0.2, 0.25) is 0 Å². The molecule has 17 heavy (non-hydrogen) atoms. The van der Waals surface area contributed by atoms with Crippen LogP contribution in [-0.4, -0.2) is 43.2 Å². The molecule has 1 aliphatic carbocycles. The van der Waals surface area contributed by atoms with Gasteiger partial charge in [-0.25, -0.2) is 4.68 Å². The third kappa shape index (κ3) is 3.40. The summed E-state index contributed by atoms with van der Waals surface area (Å²) in [6.45, 7) is 1.14. The number of nitrogens with two attached hydrogens (primary N) is 1. The molecule has 0 spiro atoms. The van der Waals surface area contributed by atoms with Gasteiger partial charge in [-0.2, -0.15) is 0 Å². The lowest BCUT2D eigenvalue weighted by molar-refractivity contribution is 0.0272. The topological polar surface area (TPSA) is 89.9 Å². The second-order valence-electron chi connectivity index (χ2n) is 4.55. The fourth-order valence-corrected chi connectivity index (χ4v) is 3.17.